The van der Waals surface area contributed by atoms with Crippen LogP contribution in [0.25, 0.3) is 11.0 Å². The molecule has 0 unspecified atom stereocenters. The van der Waals surface area contributed by atoms with E-state index < -0.39 is 0 Å². The molecule has 1 heterocycles. The fraction of sp³-hybridized carbons (Fsp3) is 0.471. The van der Waals surface area contributed by atoms with Crippen LogP contribution in [0.15, 0.2) is 18.2 Å². The second kappa shape index (κ2) is 7.76. The van der Waals surface area contributed by atoms with Gasteiger partial charge in [-0.05, 0) is 31.5 Å². The van der Waals surface area contributed by atoms with Crippen molar-refractivity contribution in [1.29, 1.82) is 0 Å². The molecule has 2 N–H and O–H groups in total. The predicted octanol–water partition coefficient (Wildman–Crippen LogP) is 2.47. The predicted molar refractivity (Wildman–Crippen MR) is 91.3 cm³/mol. The summed E-state index contributed by atoms with van der Waals surface area (Å²) in [7, 11) is 0. The minimum absolute atomic E-state index is 0.0552. The van der Waals surface area contributed by atoms with Crippen molar-refractivity contribution >= 4 is 28.5 Å². The quantitative estimate of drug-likeness (QED) is 0.771. The van der Waals surface area contributed by atoms with Gasteiger partial charge in [0.05, 0.1) is 11.0 Å². The van der Waals surface area contributed by atoms with Gasteiger partial charge in [-0.15, -0.1) is 0 Å². The van der Waals surface area contributed by atoms with E-state index in [-0.39, 0.29) is 11.8 Å². The highest BCUT2D eigenvalue weighted by Crippen LogP contribution is 2.21. The molecule has 6 nitrogen and oxygen atoms in total. The van der Waals surface area contributed by atoms with Gasteiger partial charge in [-0.3, -0.25) is 9.59 Å². The van der Waals surface area contributed by atoms with Crippen LogP contribution in [0.2, 0.25) is 0 Å². The third kappa shape index (κ3) is 4.31. The van der Waals surface area contributed by atoms with Crippen LogP contribution >= 0.6 is 0 Å². The van der Waals surface area contributed by atoms with Crippen molar-refractivity contribution in [3.8, 4) is 0 Å². The Hall–Kier alpha value is -2.37. The molecule has 1 aromatic heterocycles. The maximum atomic E-state index is 11.9. The smallest absolute Gasteiger partial charge is 0.224 e. The monoisotopic (exact) mass is 316 g/mol. The number of imidazole rings is 1. The number of nitrogens with zero attached hydrogens (tertiary/aromatic N) is 2. The summed E-state index contributed by atoms with van der Waals surface area (Å²) in [6, 6.07) is 5.81. The minimum atomic E-state index is -0.0749. The molecule has 2 aromatic rings. The molecule has 6 heteroatoms. The van der Waals surface area contributed by atoms with E-state index in [1.807, 2.05) is 18.2 Å². The number of carbonyl (C=O) groups is 2. The third-order valence-electron chi connectivity index (χ3n) is 3.70. The van der Waals surface area contributed by atoms with Crippen LogP contribution in [0.5, 0.6) is 0 Å². The second-order valence-corrected chi connectivity index (χ2v) is 5.46. The standard InChI is InChI=1S/C17H24N4O2/c1-4-16-20-14-11-13(8-9-15(14)21(16)5-2)19-17(23)7-6-10-18-12(3)22/h8-9,11H,4-7,10H2,1-3H3,(H,18,22)(H,19,23). The molecular formula is C17H24N4O2. The molecule has 0 bridgehead atoms. The van der Waals surface area contributed by atoms with Crippen molar-refractivity contribution in [3.05, 3.63) is 24.0 Å². The first-order valence-corrected chi connectivity index (χ1v) is 8.08. The number of hydrogen-bond donors (Lipinski definition) is 2. The minimum Gasteiger partial charge on any atom is -0.356 e. The van der Waals surface area contributed by atoms with Gasteiger partial charge >= 0.3 is 0 Å². The van der Waals surface area contributed by atoms with Crippen molar-refractivity contribution in [1.82, 2.24) is 14.9 Å². The molecule has 0 saturated heterocycles. The maximum Gasteiger partial charge on any atom is 0.224 e. The molecule has 0 aliphatic heterocycles. The number of hydrogen-bond acceptors (Lipinski definition) is 3. The van der Waals surface area contributed by atoms with Gasteiger partial charge < -0.3 is 15.2 Å². The van der Waals surface area contributed by atoms with Gasteiger partial charge in [0, 0.05) is 38.5 Å². The van der Waals surface area contributed by atoms with Crippen LogP contribution in [0, 0.1) is 0 Å². The highest BCUT2D eigenvalue weighted by atomic mass is 16.2. The number of nitrogens with one attached hydrogen (secondary N) is 2. The van der Waals surface area contributed by atoms with E-state index in [1.54, 1.807) is 0 Å². The van der Waals surface area contributed by atoms with Gasteiger partial charge in [0.1, 0.15) is 5.82 Å². The zero-order chi connectivity index (χ0) is 16.8. The van der Waals surface area contributed by atoms with E-state index in [2.05, 4.69) is 34.0 Å². The number of aromatic nitrogens is 2. The molecule has 1 aromatic carbocycles. The lowest BCUT2D eigenvalue weighted by atomic mass is 10.2. The molecule has 2 amide bonds. The van der Waals surface area contributed by atoms with Gasteiger partial charge in [-0.1, -0.05) is 6.92 Å². The van der Waals surface area contributed by atoms with Crippen LogP contribution < -0.4 is 10.6 Å². The SMILES string of the molecule is CCc1nc2cc(NC(=O)CCCNC(C)=O)ccc2n1CC. The van der Waals surface area contributed by atoms with Gasteiger partial charge in [0.2, 0.25) is 11.8 Å². The summed E-state index contributed by atoms with van der Waals surface area (Å²) in [4.78, 5) is 27.3. The normalized spacial score (nSPS) is 10.7. The molecule has 2 rings (SSSR count). The van der Waals surface area contributed by atoms with Crippen molar-refractivity contribution < 1.29 is 9.59 Å². The topological polar surface area (TPSA) is 76.0 Å². The molecule has 0 saturated carbocycles. The van der Waals surface area contributed by atoms with Gasteiger partial charge in [0.15, 0.2) is 0 Å². The lowest BCUT2D eigenvalue weighted by Gasteiger charge is -2.06. The number of rotatable bonds is 7. The maximum absolute atomic E-state index is 11.9. The first-order chi connectivity index (χ1) is 11.0. The van der Waals surface area contributed by atoms with Crippen LogP contribution in [0.1, 0.15) is 39.4 Å². The van der Waals surface area contributed by atoms with E-state index in [9.17, 15) is 9.59 Å². The Kier molecular flexibility index (Phi) is 5.73. The largest absolute Gasteiger partial charge is 0.356 e. The average molecular weight is 316 g/mol. The Labute approximate surface area is 136 Å². The average Bonchev–Trinajstić information content (AvgIpc) is 2.88. The molecule has 0 fully saturated rings. The first-order valence-electron chi connectivity index (χ1n) is 8.08. The van der Waals surface area contributed by atoms with E-state index in [0.29, 0.717) is 19.4 Å². The first kappa shape index (κ1) is 17.0. The Balaban J connectivity index is 2.00. The number of anilines is 1. The van der Waals surface area contributed by atoms with Crippen LogP contribution in [-0.2, 0) is 22.6 Å². The molecule has 0 aliphatic rings. The van der Waals surface area contributed by atoms with Crippen LogP contribution in [-0.4, -0.2) is 27.9 Å². The molecule has 0 radical (unpaired) electrons. The Bertz CT molecular complexity index is 706. The Morgan fingerprint density at radius 3 is 2.70 bits per heavy atom. The van der Waals surface area contributed by atoms with Gasteiger partial charge in [0.25, 0.3) is 0 Å². The second-order valence-electron chi connectivity index (χ2n) is 5.46. The lowest BCUT2D eigenvalue weighted by molar-refractivity contribution is -0.119. The van der Waals surface area contributed by atoms with Crippen LogP contribution in [0.3, 0.4) is 0 Å². The molecular weight excluding hydrogens is 292 g/mol. The summed E-state index contributed by atoms with van der Waals surface area (Å²) >= 11 is 0. The van der Waals surface area contributed by atoms with Crippen molar-refractivity contribution in [2.75, 3.05) is 11.9 Å². The third-order valence-corrected chi connectivity index (χ3v) is 3.70. The summed E-state index contributed by atoms with van der Waals surface area (Å²) in [5, 5.41) is 5.57. The van der Waals surface area contributed by atoms with E-state index >= 15 is 0 Å². The summed E-state index contributed by atoms with van der Waals surface area (Å²) in [5.41, 5.74) is 2.75. The Morgan fingerprint density at radius 1 is 1.26 bits per heavy atom. The summed E-state index contributed by atoms with van der Waals surface area (Å²) in [6.45, 7) is 7.06. The van der Waals surface area contributed by atoms with Crippen molar-refractivity contribution in [2.45, 2.75) is 46.6 Å². The van der Waals surface area contributed by atoms with Crippen LogP contribution in [0.4, 0.5) is 5.69 Å². The van der Waals surface area contributed by atoms with E-state index in [1.165, 1.54) is 6.92 Å². The van der Waals surface area contributed by atoms with E-state index in [0.717, 1.165) is 35.5 Å². The molecule has 23 heavy (non-hydrogen) atoms. The Morgan fingerprint density at radius 2 is 2.04 bits per heavy atom. The van der Waals surface area contributed by atoms with Gasteiger partial charge in [-0.2, -0.15) is 0 Å². The zero-order valence-corrected chi connectivity index (χ0v) is 14.0. The highest BCUT2D eigenvalue weighted by Gasteiger charge is 2.09. The zero-order valence-electron chi connectivity index (χ0n) is 14.0. The number of fused-ring (bicyclic) bond motifs is 1. The number of amides is 2. The lowest BCUT2D eigenvalue weighted by Crippen LogP contribution is -2.22. The summed E-state index contributed by atoms with van der Waals surface area (Å²) in [6.07, 6.45) is 1.88. The van der Waals surface area contributed by atoms with Crippen molar-refractivity contribution in [2.24, 2.45) is 0 Å². The molecule has 0 atom stereocenters. The molecule has 0 spiro atoms. The number of benzene rings is 1. The highest BCUT2D eigenvalue weighted by molar-refractivity contribution is 5.93. The summed E-state index contributed by atoms with van der Waals surface area (Å²) in [5.74, 6) is 0.927. The number of aryl methyl sites for hydroxylation is 2. The molecule has 0 aliphatic carbocycles. The molecule has 124 valence electrons. The number of carbonyl (C=O) groups excluding carboxylic acids is 2. The summed E-state index contributed by atoms with van der Waals surface area (Å²) < 4.78 is 2.19. The fourth-order valence-electron chi connectivity index (χ4n) is 2.62. The van der Waals surface area contributed by atoms with E-state index in [4.69, 9.17) is 0 Å². The fourth-order valence-corrected chi connectivity index (χ4v) is 2.62. The van der Waals surface area contributed by atoms with Gasteiger partial charge in [-0.25, -0.2) is 4.98 Å². The van der Waals surface area contributed by atoms with Crippen molar-refractivity contribution in [3.63, 3.8) is 0 Å².